The minimum atomic E-state index is -0.209. The van der Waals surface area contributed by atoms with Crippen molar-refractivity contribution < 1.29 is 14.1 Å². The quantitative estimate of drug-likeness (QED) is 0.855. The summed E-state index contributed by atoms with van der Waals surface area (Å²) in [7, 11) is 0. The van der Waals surface area contributed by atoms with Crippen molar-refractivity contribution in [3.8, 4) is 5.88 Å². The molecule has 1 aromatic heterocycles. The van der Waals surface area contributed by atoms with Crippen molar-refractivity contribution in [3.63, 3.8) is 0 Å². The molecule has 1 fully saturated rings. The summed E-state index contributed by atoms with van der Waals surface area (Å²) in [5, 5.41) is 6.84. The highest BCUT2D eigenvalue weighted by Crippen LogP contribution is 2.18. The second-order valence-electron chi connectivity index (χ2n) is 5.97. The summed E-state index contributed by atoms with van der Waals surface area (Å²) in [6.45, 7) is 0.400. The fraction of sp³-hybridized carbons (Fsp3) is 0.444. The molecule has 1 heterocycles. The molecular formula is C18H22N2O3. The van der Waals surface area contributed by atoms with Gasteiger partial charge in [-0.1, -0.05) is 56.0 Å². The maximum Gasteiger partial charge on any atom is 0.290 e. The van der Waals surface area contributed by atoms with Crippen molar-refractivity contribution >= 4 is 5.91 Å². The van der Waals surface area contributed by atoms with Crippen LogP contribution in [0.1, 0.15) is 54.6 Å². The largest absolute Gasteiger partial charge is 0.471 e. The van der Waals surface area contributed by atoms with Crippen LogP contribution in [0.5, 0.6) is 5.88 Å². The van der Waals surface area contributed by atoms with Crippen molar-refractivity contribution in [2.45, 2.75) is 51.2 Å². The number of hydrogen-bond donors (Lipinski definition) is 1. The molecule has 1 aliphatic rings. The van der Waals surface area contributed by atoms with Crippen molar-refractivity contribution in [2.24, 2.45) is 0 Å². The van der Waals surface area contributed by atoms with Gasteiger partial charge in [0.15, 0.2) is 0 Å². The molecule has 0 aliphatic heterocycles. The molecule has 0 radical (unpaired) electrons. The van der Waals surface area contributed by atoms with Crippen LogP contribution in [0, 0.1) is 0 Å². The number of benzene rings is 1. The van der Waals surface area contributed by atoms with Crippen molar-refractivity contribution in [1.82, 2.24) is 10.5 Å². The Morgan fingerprint density at radius 3 is 2.65 bits per heavy atom. The molecule has 1 N–H and O–H groups in total. The number of carbonyl (C=O) groups excluding carboxylic acids is 1. The molecule has 0 saturated heterocycles. The van der Waals surface area contributed by atoms with E-state index in [-0.39, 0.29) is 17.7 Å². The van der Waals surface area contributed by atoms with Gasteiger partial charge in [-0.2, -0.15) is 0 Å². The van der Waals surface area contributed by atoms with Gasteiger partial charge in [-0.25, -0.2) is 0 Å². The van der Waals surface area contributed by atoms with Gasteiger partial charge in [0.05, 0.1) is 6.07 Å². The normalized spacial score (nSPS) is 15.8. The van der Waals surface area contributed by atoms with Gasteiger partial charge >= 0.3 is 0 Å². The van der Waals surface area contributed by atoms with Crippen molar-refractivity contribution in [3.05, 3.63) is 47.7 Å². The first-order valence-electron chi connectivity index (χ1n) is 8.25. The van der Waals surface area contributed by atoms with Gasteiger partial charge in [0.2, 0.25) is 5.76 Å². The van der Waals surface area contributed by atoms with Crippen LogP contribution in [-0.4, -0.2) is 17.1 Å². The summed E-state index contributed by atoms with van der Waals surface area (Å²) in [5.74, 6) is 0.330. The van der Waals surface area contributed by atoms with E-state index < -0.39 is 0 Å². The van der Waals surface area contributed by atoms with E-state index in [9.17, 15) is 4.79 Å². The van der Waals surface area contributed by atoms with Gasteiger partial charge < -0.3 is 14.6 Å². The number of carbonyl (C=O) groups is 1. The van der Waals surface area contributed by atoms with Gasteiger partial charge in [-0.05, 0) is 23.6 Å². The maximum absolute atomic E-state index is 12.2. The highest BCUT2D eigenvalue weighted by Gasteiger charge is 2.19. The number of rotatable bonds is 5. The number of hydrogen-bond acceptors (Lipinski definition) is 4. The Balaban J connectivity index is 1.52. The number of nitrogens with one attached hydrogen (secondary N) is 1. The minimum absolute atomic E-state index is 0.206. The molecule has 3 rings (SSSR count). The number of nitrogens with zero attached hydrogens (tertiary/aromatic N) is 1. The summed E-state index contributed by atoms with van der Waals surface area (Å²) >= 11 is 0. The molecule has 0 bridgehead atoms. The predicted octanol–water partition coefficient (Wildman–Crippen LogP) is 3.71. The zero-order valence-electron chi connectivity index (χ0n) is 13.2. The summed E-state index contributed by atoms with van der Waals surface area (Å²) in [4.78, 5) is 12.2. The first-order valence-corrected chi connectivity index (χ1v) is 8.25. The van der Waals surface area contributed by atoms with Crippen LogP contribution in [0.15, 0.2) is 40.9 Å². The average molecular weight is 314 g/mol. The van der Waals surface area contributed by atoms with Crippen LogP contribution in [0.25, 0.3) is 0 Å². The van der Waals surface area contributed by atoms with E-state index in [4.69, 9.17) is 9.26 Å². The maximum atomic E-state index is 12.2. The van der Waals surface area contributed by atoms with Crippen LogP contribution in [0.2, 0.25) is 0 Å². The molecule has 23 heavy (non-hydrogen) atoms. The second-order valence-corrected chi connectivity index (χ2v) is 5.97. The molecule has 5 heteroatoms. The molecule has 5 nitrogen and oxygen atoms in total. The Labute approximate surface area is 136 Å². The summed E-state index contributed by atoms with van der Waals surface area (Å²) < 4.78 is 10.6. The molecule has 2 aromatic rings. The smallest absolute Gasteiger partial charge is 0.290 e. The van der Waals surface area contributed by atoms with Gasteiger partial charge in [-0.15, -0.1) is 0 Å². The Morgan fingerprint density at radius 1 is 1.17 bits per heavy atom. The first kappa shape index (κ1) is 15.6. The van der Waals surface area contributed by atoms with Gasteiger partial charge in [0, 0.05) is 6.04 Å². The predicted molar refractivity (Wildman–Crippen MR) is 86.2 cm³/mol. The topological polar surface area (TPSA) is 64.4 Å². The molecule has 1 aromatic carbocycles. The van der Waals surface area contributed by atoms with E-state index in [0.717, 1.165) is 18.4 Å². The summed E-state index contributed by atoms with van der Waals surface area (Å²) in [6.07, 6.45) is 6.94. The number of aromatic nitrogens is 1. The Bertz CT molecular complexity index is 616. The van der Waals surface area contributed by atoms with Gasteiger partial charge in [0.25, 0.3) is 11.8 Å². The Hall–Kier alpha value is -2.30. The molecule has 0 unspecified atom stereocenters. The number of amides is 1. The van der Waals surface area contributed by atoms with E-state index in [1.165, 1.54) is 25.7 Å². The number of ether oxygens (including phenoxy) is 1. The molecule has 1 saturated carbocycles. The van der Waals surface area contributed by atoms with Crippen LogP contribution in [0.3, 0.4) is 0 Å². The fourth-order valence-electron chi connectivity index (χ4n) is 2.85. The Morgan fingerprint density at radius 2 is 1.91 bits per heavy atom. The molecule has 0 spiro atoms. The molecular weight excluding hydrogens is 292 g/mol. The molecule has 0 atom stereocenters. The van der Waals surface area contributed by atoms with E-state index in [2.05, 4.69) is 10.5 Å². The van der Waals surface area contributed by atoms with E-state index >= 15 is 0 Å². The molecule has 122 valence electrons. The standard InChI is InChI=1S/C18H22N2O3/c21-18(19-15-10-6-1-2-7-11-15)16-12-17(20-23-16)22-13-14-8-4-3-5-9-14/h3-5,8-9,12,15H,1-2,6-7,10-11,13H2,(H,19,21). The van der Waals surface area contributed by atoms with Gasteiger partial charge in [-0.3, -0.25) is 4.79 Å². The lowest BCUT2D eigenvalue weighted by Crippen LogP contribution is -2.34. The highest BCUT2D eigenvalue weighted by molar-refractivity contribution is 5.91. The molecule has 1 amide bonds. The van der Waals surface area contributed by atoms with Crippen molar-refractivity contribution in [1.29, 1.82) is 0 Å². The van der Waals surface area contributed by atoms with E-state index in [1.54, 1.807) is 6.07 Å². The van der Waals surface area contributed by atoms with Gasteiger partial charge in [0.1, 0.15) is 6.61 Å². The average Bonchev–Trinajstić information content (AvgIpc) is 2.92. The third-order valence-electron chi connectivity index (χ3n) is 4.13. The zero-order valence-corrected chi connectivity index (χ0v) is 13.2. The minimum Gasteiger partial charge on any atom is -0.471 e. The lowest BCUT2D eigenvalue weighted by molar-refractivity contribution is 0.0895. The van der Waals surface area contributed by atoms with Crippen LogP contribution < -0.4 is 10.1 Å². The third-order valence-corrected chi connectivity index (χ3v) is 4.13. The lowest BCUT2D eigenvalue weighted by Gasteiger charge is -2.14. The van der Waals surface area contributed by atoms with Crippen LogP contribution in [0.4, 0.5) is 0 Å². The van der Waals surface area contributed by atoms with Crippen LogP contribution >= 0.6 is 0 Å². The third kappa shape index (κ3) is 4.58. The first-order chi connectivity index (χ1) is 11.3. The summed E-state index contributed by atoms with van der Waals surface area (Å²) in [5.41, 5.74) is 1.04. The molecule has 1 aliphatic carbocycles. The van der Waals surface area contributed by atoms with Crippen molar-refractivity contribution in [2.75, 3.05) is 0 Å². The lowest BCUT2D eigenvalue weighted by atomic mass is 10.1. The zero-order chi connectivity index (χ0) is 15.9. The van der Waals surface area contributed by atoms with Crippen LogP contribution in [-0.2, 0) is 6.61 Å². The van der Waals surface area contributed by atoms with E-state index in [1.807, 2.05) is 30.3 Å². The SMILES string of the molecule is O=C(NC1CCCCCC1)c1cc(OCc2ccccc2)no1. The Kier molecular flexibility index (Phi) is 5.29. The van der Waals surface area contributed by atoms with E-state index in [0.29, 0.717) is 12.5 Å². The monoisotopic (exact) mass is 314 g/mol. The highest BCUT2D eigenvalue weighted by atomic mass is 16.5. The fourth-order valence-corrected chi connectivity index (χ4v) is 2.85. The second kappa shape index (κ2) is 7.81. The summed E-state index contributed by atoms with van der Waals surface area (Å²) in [6, 6.07) is 11.6.